The van der Waals surface area contributed by atoms with Crippen molar-refractivity contribution in [2.24, 2.45) is 5.73 Å². The number of nitrogens with two attached hydrogens (primary N) is 1. The Morgan fingerprint density at radius 3 is 2.89 bits per heavy atom. The van der Waals surface area contributed by atoms with E-state index in [9.17, 15) is 0 Å². The molecule has 0 spiro atoms. The SMILES string of the molecule is COc1ccc(CCNC2CCCC2N)c(Cl)c1. The first-order chi connectivity index (χ1) is 8.70. The molecule has 0 aromatic heterocycles. The van der Waals surface area contributed by atoms with Gasteiger partial charge < -0.3 is 15.8 Å². The van der Waals surface area contributed by atoms with Crippen molar-refractivity contribution in [2.75, 3.05) is 13.7 Å². The van der Waals surface area contributed by atoms with Crippen LogP contribution < -0.4 is 15.8 Å². The van der Waals surface area contributed by atoms with Gasteiger partial charge in [0.2, 0.25) is 0 Å². The van der Waals surface area contributed by atoms with Gasteiger partial charge in [-0.1, -0.05) is 24.1 Å². The molecule has 0 saturated heterocycles. The summed E-state index contributed by atoms with van der Waals surface area (Å²) in [7, 11) is 1.65. The Bertz CT molecular complexity index is 397. The van der Waals surface area contributed by atoms with Gasteiger partial charge in [-0.3, -0.25) is 0 Å². The van der Waals surface area contributed by atoms with Crippen molar-refractivity contribution in [3.8, 4) is 5.75 Å². The number of hydrogen-bond donors (Lipinski definition) is 2. The van der Waals surface area contributed by atoms with Gasteiger partial charge in [0.25, 0.3) is 0 Å². The molecule has 18 heavy (non-hydrogen) atoms. The number of benzene rings is 1. The second-order valence-corrected chi connectivity index (χ2v) is 5.27. The third-order valence-electron chi connectivity index (χ3n) is 3.63. The van der Waals surface area contributed by atoms with Crippen LogP contribution in [0.3, 0.4) is 0 Å². The van der Waals surface area contributed by atoms with Crippen LogP contribution in [0.4, 0.5) is 0 Å². The highest BCUT2D eigenvalue weighted by Gasteiger charge is 2.22. The van der Waals surface area contributed by atoms with Crippen LogP contribution in [-0.4, -0.2) is 25.7 Å². The van der Waals surface area contributed by atoms with Gasteiger partial charge in [-0.25, -0.2) is 0 Å². The molecule has 2 atom stereocenters. The van der Waals surface area contributed by atoms with Crippen molar-refractivity contribution in [2.45, 2.75) is 37.8 Å². The van der Waals surface area contributed by atoms with Crippen LogP contribution in [0.25, 0.3) is 0 Å². The zero-order valence-corrected chi connectivity index (χ0v) is 11.5. The smallest absolute Gasteiger partial charge is 0.120 e. The Kier molecular flexibility index (Phi) is 4.87. The van der Waals surface area contributed by atoms with Gasteiger partial charge in [0.15, 0.2) is 0 Å². The van der Waals surface area contributed by atoms with Gasteiger partial charge in [0.1, 0.15) is 5.75 Å². The first-order valence-corrected chi connectivity index (χ1v) is 6.90. The number of methoxy groups -OCH3 is 1. The summed E-state index contributed by atoms with van der Waals surface area (Å²) in [5.41, 5.74) is 7.17. The van der Waals surface area contributed by atoms with Gasteiger partial charge in [0.05, 0.1) is 7.11 Å². The quantitative estimate of drug-likeness (QED) is 0.862. The number of ether oxygens (including phenoxy) is 1. The third-order valence-corrected chi connectivity index (χ3v) is 3.98. The van der Waals surface area contributed by atoms with Crippen LogP contribution in [0.15, 0.2) is 18.2 Å². The van der Waals surface area contributed by atoms with E-state index < -0.39 is 0 Å². The van der Waals surface area contributed by atoms with Gasteiger partial charge in [-0.2, -0.15) is 0 Å². The molecule has 0 amide bonds. The monoisotopic (exact) mass is 268 g/mol. The summed E-state index contributed by atoms with van der Waals surface area (Å²) in [6.07, 6.45) is 4.49. The van der Waals surface area contributed by atoms with Crippen molar-refractivity contribution < 1.29 is 4.74 Å². The fourth-order valence-electron chi connectivity index (χ4n) is 2.49. The molecule has 2 rings (SSSR count). The van der Waals surface area contributed by atoms with Gasteiger partial charge in [0, 0.05) is 17.1 Å². The van der Waals surface area contributed by atoms with Crippen LogP contribution in [0.1, 0.15) is 24.8 Å². The molecule has 2 unspecified atom stereocenters. The van der Waals surface area contributed by atoms with E-state index >= 15 is 0 Å². The maximum absolute atomic E-state index is 6.20. The van der Waals surface area contributed by atoms with Crippen LogP contribution in [-0.2, 0) is 6.42 Å². The van der Waals surface area contributed by atoms with Crippen molar-refractivity contribution in [1.29, 1.82) is 0 Å². The maximum Gasteiger partial charge on any atom is 0.120 e. The van der Waals surface area contributed by atoms with E-state index in [1.165, 1.54) is 12.8 Å². The molecule has 1 aromatic carbocycles. The molecule has 1 aromatic rings. The van der Waals surface area contributed by atoms with Gasteiger partial charge in [-0.05, 0) is 43.5 Å². The predicted octanol–water partition coefficient (Wildman–Crippen LogP) is 2.36. The minimum absolute atomic E-state index is 0.316. The molecule has 1 fully saturated rings. The molecule has 3 N–H and O–H groups in total. The summed E-state index contributed by atoms with van der Waals surface area (Å²) in [5.74, 6) is 0.800. The highest BCUT2D eigenvalue weighted by molar-refractivity contribution is 6.31. The van der Waals surface area contributed by atoms with E-state index in [0.29, 0.717) is 12.1 Å². The van der Waals surface area contributed by atoms with E-state index in [1.54, 1.807) is 7.11 Å². The van der Waals surface area contributed by atoms with E-state index in [-0.39, 0.29) is 0 Å². The molecule has 100 valence electrons. The molecule has 4 heteroatoms. The van der Waals surface area contributed by atoms with E-state index in [2.05, 4.69) is 5.32 Å². The molecule has 1 aliphatic carbocycles. The Hall–Kier alpha value is -0.770. The molecule has 0 bridgehead atoms. The highest BCUT2D eigenvalue weighted by Crippen LogP contribution is 2.23. The molecular formula is C14H21ClN2O. The topological polar surface area (TPSA) is 47.3 Å². The molecule has 0 aliphatic heterocycles. The first kappa shape index (κ1) is 13.7. The van der Waals surface area contributed by atoms with E-state index in [4.69, 9.17) is 22.1 Å². The lowest BCUT2D eigenvalue weighted by Gasteiger charge is -2.17. The van der Waals surface area contributed by atoms with Crippen LogP contribution in [0.2, 0.25) is 5.02 Å². The minimum atomic E-state index is 0.316. The lowest BCUT2D eigenvalue weighted by atomic mass is 10.1. The van der Waals surface area contributed by atoms with Gasteiger partial charge in [-0.15, -0.1) is 0 Å². The normalized spacial score (nSPS) is 23.3. The van der Waals surface area contributed by atoms with Crippen molar-refractivity contribution in [3.05, 3.63) is 28.8 Å². The lowest BCUT2D eigenvalue weighted by Crippen LogP contribution is -2.41. The number of rotatable bonds is 5. The minimum Gasteiger partial charge on any atom is -0.497 e. The molecular weight excluding hydrogens is 248 g/mol. The van der Waals surface area contributed by atoms with Crippen molar-refractivity contribution in [3.63, 3.8) is 0 Å². The number of hydrogen-bond acceptors (Lipinski definition) is 3. The molecule has 3 nitrogen and oxygen atoms in total. The Balaban J connectivity index is 1.83. The second kappa shape index (κ2) is 6.41. The maximum atomic E-state index is 6.20. The first-order valence-electron chi connectivity index (χ1n) is 6.52. The van der Waals surface area contributed by atoms with Crippen LogP contribution in [0.5, 0.6) is 5.75 Å². The second-order valence-electron chi connectivity index (χ2n) is 4.86. The molecule has 1 saturated carbocycles. The lowest BCUT2D eigenvalue weighted by molar-refractivity contribution is 0.414. The summed E-state index contributed by atoms with van der Waals surface area (Å²) in [5, 5.41) is 4.29. The van der Waals surface area contributed by atoms with Crippen LogP contribution >= 0.6 is 11.6 Å². The number of halogens is 1. The third kappa shape index (κ3) is 3.37. The zero-order chi connectivity index (χ0) is 13.0. The predicted molar refractivity (Wildman–Crippen MR) is 75.3 cm³/mol. The summed E-state index contributed by atoms with van der Waals surface area (Å²) in [6, 6.07) is 6.62. The average molecular weight is 269 g/mol. The Labute approximate surface area is 114 Å². The van der Waals surface area contributed by atoms with Crippen LogP contribution in [0, 0.1) is 0 Å². The number of nitrogens with one attached hydrogen (secondary N) is 1. The molecule has 1 aliphatic rings. The van der Waals surface area contributed by atoms with E-state index in [0.717, 1.165) is 35.7 Å². The zero-order valence-electron chi connectivity index (χ0n) is 10.8. The molecule has 0 radical (unpaired) electrons. The van der Waals surface area contributed by atoms with Crippen molar-refractivity contribution in [1.82, 2.24) is 5.32 Å². The summed E-state index contributed by atoms with van der Waals surface area (Å²) in [6.45, 7) is 0.921. The fraction of sp³-hybridized carbons (Fsp3) is 0.571. The standard InChI is InChI=1S/C14H21ClN2O/c1-18-11-6-5-10(12(15)9-11)7-8-17-14-4-2-3-13(14)16/h5-6,9,13-14,17H,2-4,7-8,16H2,1H3. The largest absolute Gasteiger partial charge is 0.497 e. The average Bonchev–Trinajstić information content (AvgIpc) is 2.77. The van der Waals surface area contributed by atoms with Crippen molar-refractivity contribution >= 4 is 11.6 Å². The summed E-state index contributed by atoms with van der Waals surface area (Å²) in [4.78, 5) is 0. The Morgan fingerprint density at radius 1 is 1.44 bits per heavy atom. The fourth-order valence-corrected chi connectivity index (χ4v) is 2.76. The Morgan fingerprint density at radius 2 is 2.28 bits per heavy atom. The highest BCUT2D eigenvalue weighted by atomic mass is 35.5. The summed E-state index contributed by atoms with van der Waals surface area (Å²) < 4.78 is 5.13. The summed E-state index contributed by atoms with van der Waals surface area (Å²) >= 11 is 6.20. The molecule has 0 heterocycles. The van der Waals surface area contributed by atoms with Gasteiger partial charge >= 0.3 is 0 Å². The van der Waals surface area contributed by atoms with E-state index in [1.807, 2.05) is 18.2 Å².